The van der Waals surface area contributed by atoms with E-state index in [2.05, 4.69) is 17.4 Å². The van der Waals surface area contributed by atoms with Gasteiger partial charge in [-0.2, -0.15) is 0 Å². The van der Waals surface area contributed by atoms with Crippen molar-refractivity contribution in [2.75, 3.05) is 20.2 Å². The molecule has 0 spiro atoms. The van der Waals surface area contributed by atoms with E-state index >= 15 is 0 Å². The number of nitrogens with one attached hydrogen (secondary N) is 1. The van der Waals surface area contributed by atoms with Crippen LogP contribution in [0.15, 0.2) is 60.7 Å². The number of hydrogen-bond acceptors (Lipinski definition) is 4. The standard InChI is InChI=1S/C24H26N2O5/c1-24(2,22(28)29)26(3)21(27)13-8-14-25-23(30)31-15-20-18-11-6-4-9-16(18)17-10-5-7-12-19(17)20/h4-13,20H,14-15H2,1-3H3,(H,25,30)(H,28,29)/b13-8+. The highest BCUT2D eigenvalue weighted by molar-refractivity contribution is 5.92. The van der Waals surface area contributed by atoms with Crippen molar-refractivity contribution < 1.29 is 24.2 Å². The monoisotopic (exact) mass is 422 g/mol. The number of carbonyl (C=O) groups excluding carboxylic acids is 2. The Morgan fingerprint density at radius 3 is 2.16 bits per heavy atom. The predicted octanol–water partition coefficient (Wildman–Crippen LogP) is 3.40. The van der Waals surface area contributed by atoms with Crippen molar-refractivity contribution in [1.82, 2.24) is 10.2 Å². The normalized spacial score (nSPS) is 12.9. The summed E-state index contributed by atoms with van der Waals surface area (Å²) in [5.74, 6) is -1.60. The van der Waals surface area contributed by atoms with E-state index in [1.165, 1.54) is 33.0 Å². The van der Waals surface area contributed by atoms with Gasteiger partial charge in [0.25, 0.3) is 0 Å². The van der Waals surface area contributed by atoms with Crippen molar-refractivity contribution in [3.8, 4) is 11.1 Å². The number of carbonyl (C=O) groups is 3. The highest BCUT2D eigenvalue weighted by Gasteiger charge is 2.34. The fourth-order valence-corrected chi connectivity index (χ4v) is 3.48. The maximum Gasteiger partial charge on any atom is 0.407 e. The molecule has 2 N–H and O–H groups in total. The summed E-state index contributed by atoms with van der Waals surface area (Å²) in [5, 5.41) is 11.8. The van der Waals surface area contributed by atoms with Gasteiger partial charge in [0.1, 0.15) is 12.1 Å². The summed E-state index contributed by atoms with van der Waals surface area (Å²) < 4.78 is 5.42. The number of rotatable bonds is 7. The van der Waals surface area contributed by atoms with Crippen LogP contribution in [0.1, 0.15) is 30.9 Å². The molecule has 1 aliphatic rings. The van der Waals surface area contributed by atoms with Gasteiger partial charge in [0.05, 0.1) is 0 Å². The molecule has 0 bridgehead atoms. The number of aliphatic carboxylic acids is 1. The molecule has 1 aliphatic carbocycles. The van der Waals surface area contributed by atoms with Gasteiger partial charge in [0, 0.05) is 25.6 Å². The van der Waals surface area contributed by atoms with E-state index < -0.39 is 23.5 Å². The van der Waals surface area contributed by atoms with Crippen molar-refractivity contribution in [3.63, 3.8) is 0 Å². The Labute approximate surface area is 181 Å². The predicted molar refractivity (Wildman–Crippen MR) is 117 cm³/mol. The number of hydrogen-bond donors (Lipinski definition) is 2. The average Bonchev–Trinajstić information content (AvgIpc) is 3.08. The van der Waals surface area contributed by atoms with Gasteiger partial charge in [-0.1, -0.05) is 54.6 Å². The van der Waals surface area contributed by atoms with Crippen LogP contribution in [0.5, 0.6) is 0 Å². The zero-order valence-corrected chi connectivity index (χ0v) is 17.8. The number of fused-ring (bicyclic) bond motifs is 3. The summed E-state index contributed by atoms with van der Waals surface area (Å²) in [6.45, 7) is 3.17. The molecule has 3 rings (SSSR count). The molecule has 0 aliphatic heterocycles. The lowest BCUT2D eigenvalue weighted by Gasteiger charge is -2.30. The lowest BCUT2D eigenvalue weighted by molar-refractivity contribution is -0.153. The molecule has 0 radical (unpaired) electrons. The molecule has 2 aromatic carbocycles. The summed E-state index contributed by atoms with van der Waals surface area (Å²) in [4.78, 5) is 36.6. The first-order chi connectivity index (χ1) is 14.7. The third-order valence-electron chi connectivity index (χ3n) is 5.66. The first-order valence-corrected chi connectivity index (χ1v) is 10.00. The molecule has 0 saturated carbocycles. The molecule has 2 aromatic rings. The van der Waals surface area contributed by atoms with Crippen LogP contribution in [0.3, 0.4) is 0 Å². The van der Waals surface area contributed by atoms with Gasteiger partial charge in [-0.05, 0) is 36.1 Å². The zero-order chi connectivity index (χ0) is 22.6. The highest BCUT2D eigenvalue weighted by Crippen LogP contribution is 2.44. The number of ether oxygens (including phenoxy) is 1. The molecule has 0 aromatic heterocycles. The van der Waals surface area contributed by atoms with Crippen LogP contribution in [-0.4, -0.2) is 53.7 Å². The second kappa shape index (κ2) is 9.04. The Morgan fingerprint density at radius 2 is 1.61 bits per heavy atom. The van der Waals surface area contributed by atoms with Gasteiger partial charge in [-0.25, -0.2) is 9.59 Å². The summed E-state index contributed by atoms with van der Waals surface area (Å²) in [5.41, 5.74) is 3.24. The number of benzene rings is 2. The molecule has 7 heteroatoms. The van der Waals surface area contributed by atoms with E-state index in [1.54, 1.807) is 0 Å². The Morgan fingerprint density at radius 1 is 1.06 bits per heavy atom. The third kappa shape index (κ3) is 4.60. The second-order valence-corrected chi connectivity index (χ2v) is 7.87. The van der Waals surface area contributed by atoms with Crippen LogP contribution in [0, 0.1) is 0 Å². The van der Waals surface area contributed by atoms with Crippen molar-refractivity contribution in [1.29, 1.82) is 0 Å². The maximum absolute atomic E-state index is 12.1. The SMILES string of the molecule is CN(C(=O)/C=C/CNC(=O)OCC1c2ccccc2-c2ccccc21)C(C)(C)C(=O)O. The number of nitrogens with zero attached hydrogens (tertiary/aromatic N) is 1. The second-order valence-electron chi connectivity index (χ2n) is 7.87. The number of amides is 2. The third-order valence-corrected chi connectivity index (χ3v) is 5.66. The summed E-state index contributed by atoms with van der Waals surface area (Å²) in [6, 6.07) is 16.2. The molecule has 162 valence electrons. The largest absolute Gasteiger partial charge is 0.480 e. The van der Waals surface area contributed by atoms with Crippen LogP contribution in [0.4, 0.5) is 4.79 Å². The van der Waals surface area contributed by atoms with E-state index in [-0.39, 0.29) is 19.1 Å². The fraction of sp³-hybridized carbons (Fsp3) is 0.292. The van der Waals surface area contributed by atoms with E-state index in [0.29, 0.717) is 0 Å². The molecule has 0 heterocycles. The molecular weight excluding hydrogens is 396 g/mol. The Balaban J connectivity index is 1.52. The first-order valence-electron chi connectivity index (χ1n) is 10.00. The first kappa shape index (κ1) is 22.1. The topological polar surface area (TPSA) is 95.9 Å². The Hall–Kier alpha value is -3.61. The minimum Gasteiger partial charge on any atom is -0.480 e. The average molecular weight is 422 g/mol. The van der Waals surface area contributed by atoms with Gasteiger partial charge in [0.15, 0.2) is 0 Å². The van der Waals surface area contributed by atoms with Gasteiger partial charge >= 0.3 is 12.1 Å². The Bertz CT molecular complexity index is 983. The summed E-state index contributed by atoms with van der Waals surface area (Å²) in [7, 11) is 1.42. The van der Waals surface area contributed by atoms with E-state index in [9.17, 15) is 19.5 Å². The lowest BCUT2D eigenvalue weighted by Crippen LogP contribution is -2.50. The zero-order valence-electron chi connectivity index (χ0n) is 17.8. The van der Waals surface area contributed by atoms with E-state index in [0.717, 1.165) is 27.2 Å². The van der Waals surface area contributed by atoms with Gasteiger partial charge in [-0.15, -0.1) is 0 Å². The van der Waals surface area contributed by atoms with Crippen molar-refractivity contribution >= 4 is 18.0 Å². The Kier molecular flexibility index (Phi) is 6.44. The van der Waals surface area contributed by atoms with E-state index in [4.69, 9.17) is 4.74 Å². The lowest BCUT2D eigenvalue weighted by atomic mass is 9.98. The summed E-state index contributed by atoms with van der Waals surface area (Å²) in [6.07, 6.45) is 2.10. The van der Waals surface area contributed by atoms with E-state index in [1.807, 2.05) is 36.4 Å². The van der Waals surface area contributed by atoms with Crippen LogP contribution in [-0.2, 0) is 14.3 Å². The molecule has 0 saturated heterocycles. The fourth-order valence-electron chi connectivity index (χ4n) is 3.48. The number of likely N-dealkylation sites (N-methyl/N-ethyl adjacent to an activating group) is 1. The van der Waals surface area contributed by atoms with Crippen molar-refractivity contribution in [2.45, 2.75) is 25.3 Å². The summed E-state index contributed by atoms with van der Waals surface area (Å²) >= 11 is 0. The highest BCUT2D eigenvalue weighted by atomic mass is 16.5. The van der Waals surface area contributed by atoms with Gasteiger partial charge in [-0.3, -0.25) is 4.79 Å². The molecule has 31 heavy (non-hydrogen) atoms. The van der Waals surface area contributed by atoms with Crippen molar-refractivity contribution in [2.24, 2.45) is 0 Å². The van der Waals surface area contributed by atoms with Gasteiger partial charge < -0.3 is 20.1 Å². The number of alkyl carbamates (subject to hydrolysis) is 1. The minimum absolute atomic E-state index is 0.0258. The molecule has 0 unspecified atom stereocenters. The quantitative estimate of drug-likeness (QED) is 0.667. The van der Waals surface area contributed by atoms with Crippen LogP contribution < -0.4 is 5.32 Å². The maximum atomic E-state index is 12.1. The molecular formula is C24H26N2O5. The van der Waals surface area contributed by atoms with Crippen LogP contribution >= 0.6 is 0 Å². The van der Waals surface area contributed by atoms with Crippen molar-refractivity contribution in [3.05, 3.63) is 71.8 Å². The van der Waals surface area contributed by atoms with Gasteiger partial charge in [0.2, 0.25) is 5.91 Å². The number of carboxylic acids is 1. The molecule has 2 amide bonds. The number of carboxylic acid groups (broad SMARTS) is 1. The minimum atomic E-state index is -1.33. The van der Waals surface area contributed by atoms with Crippen LogP contribution in [0.2, 0.25) is 0 Å². The smallest absolute Gasteiger partial charge is 0.407 e. The molecule has 7 nitrogen and oxygen atoms in total. The molecule has 0 atom stereocenters. The van der Waals surface area contributed by atoms with Crippen LogP contribution in [0.25, 0.3) is 11.1 Å². The molecule has 0 fully saturated rings.